The molecule has 1 N–H and O–H groups in total. The lowest BCUT2D eigenvalue weighted by atomic mass is 10.2. The predicted octanol–water partition coefficient (Wildman–Crippen LogP) is 4.00. The Morgan fingerprint density at radius 2 is 1.94 bits per heavy atom. The van der Waals surface area contributed by atoms with Crippen molar-refractivity contribution in [2.24, 2.45) is 0 Å². The molecule has 1 aromatic carbocycles. The third-order valence-electron chi connectivity index (χ3n) is 2.12. The molecule has 4 nitrogen and oxygen atoms in total. The molecule has 0 aromatic heterocycles. The van der Waals surface area contributed by atoms with Gasteiger partial charge in [-0.15, -0.1) is 0 Å². The maximum atomic E-state index is 11.7. The van der Waals surface area contributed by atoms with E-state index >= 15 is 0 Å². The molecule has 0 aliphatic carbocycles. The fourth-order valence-corrected chi connectivity index (χ4v) is 1.50. The SMILES string of the molecule is COc1cc(C)c(Cl)cc1NC(=O)OC(C)(C)C. The number of nitrogens with one attached hydrogen (secondary N) is 1. The van der Waals surface area contributed by atoms with E-state index in [1.807, 2.05) is 6.92 Å². The number of rotatable bonds is 2. The van der Waals surface area contributed by atoms with Crippen LogP contribution in [-0.2, 0) is 4.74 Å². The minimum Gasteiger partial charge on any atom is -0.495 e. The van der Waals surface area contributed by atoms with Crippen molar-refractivity contribution in [3.05, 3.63) is 22.7 Å². The van der Waals surface area contributed by atoms with Crippen molar-refractivity contribution in [2.75, 3.05) is 12.4 Å². The molecule has 0 radical (unpaired) electrons. The number of carbonyl (C=O) groups is 1. The van der Waals surface area contributed by atoms with E-state index in [-0.39, 0.29) is 0 Å². The van der Waals surface area contributed by atoms with Gasteiger partial charge in [0.2, 0.25) is 0 Å². The number of halogens is 1. The number of hydrogen-bond donors (Lipinski definition) is 1. The molecule has 0 heterocycles. The summed E-state index contributed by atoms with van der Waals surface area (Å²) in [7, 11) is 1.53. The minimum absolute atomic E-state index is 0.488. The van der Waals surface area contributed by atoms with E-state index in [1.165, 1.54) is 7.11 Å². The fraction of sp³-hybridized carbons (Fsp3) is 0.462. The van der Waals surface area contributed by atoms with Crippen molar-refractivity contribution in [3.63, 3.8) is 0 Å². The molecule has 0 atom stereocenters. The monoisotopic (exact) mass is 271 g/mol. The molecule has 5 heteroatoms. The van der Waals surface area contributed by atoms with Gasteiger partial charge in [0, 0.05) is 5.02 Å². The van der Waals surface area contributed by atoms with E-state index in [1.54, 1.807) is 32.9 Å². The van der Waals surface area contributed by atoms with Crippen LogP contribution in [0.3, 0.4) is 0 Å². The van der Waals surface area contributed by atoms with Gasteiger partial charge >= 0.3 is 6.09 Å². The summed E-state index contributed by atoms with van der Waals surface area (Å²) in [5.74, 6) is 0.544. The number of carbonyl (C=O) groups excluding carboxylic acids is 1. The topological polar surface area (TPSA) is 47.6 Å². The van der Waals surface area contributed by atoms with Crippen LogP contribution in [0.25, 0.3) is 0 Å². The van der Waals surface area contributed by atoms with Crippen LogP contribution >= 0.6 is 11.6 Å². The van der Waals surface area contributed by atoms with Gasteiger partial charge in [-0.3, -0.25) is 5.32 Å². The average molecular weight is 272 g/mol. The van der Waals surface area contributed by atoms with Crippen LogP contribution in [0.2, 0.25) is 5.02 Å². The standard InChI is InChI=1S/C13H18ClNO3/c1-8-6-11(17-5)10(7-9(8)14)15-12(16)18-13(2,3)4/h6-7H,1-5H3,(H,15,16). The molecule has 0 fully saturated rings. The first-order chi connectivity index (χ1) is 8.23. The number of anilines is 1. The van der Waals surface area contributed by atoms with Crippen LogP contribution in [0, 0.1) is 6.92 Å². The van der Waals surface area contributed by atoms with Crippen molar-refractivity contribution in [1.29, 1.82) is 0 Å². The van der Waals surface area contributed by atoms with Gasteiger partial charge in [-0.05, 0) is 45.4 Å². The van der Waals surface area contributed by atoms with E-state index in [0.29, 0.717) is 16.5 Å². The lowest BCUT2D eigenvalue weighted by molar-refractivity contribution is 0.0635. The normalized spacial score (nSPS) is 11.0. The maximum Gasteiger partial charge on any atom is 0.412 e. The molecule has 0 saturated carbocycles. The minimum atomic E-state index is -0.550. The van der Waals surface area contributed by atoms with Gasteiger partial charge in [0.05, 0.1) is 12.8 Å². The summed E-state index contributed by atoms with van der Waals surface area (Å²) in [6.45, 7) is 7.26. The van der Waals surface area contributed by atoms with Crippen molar-refractivity contribution < 1.29 is 14.3 Å². The zero-order chi connectivity index (χ0) is 13.9. The second-order valence-corrected chi connectivity index (χ2v) is 5.34. The Bertz CT molecular complexity index is 452. The molecule has 1 aromatic rings. The zero-order valence-electron chi connectivity index (χ0n) is 11.3. The summed E-state index contributed by atoms with van der Waals surface area (Å²) in [5.41, 5.74) is 0.817. The molecule has 18 heavy (non-hydrogen) atoms. The number of benzene rings is 1. The van der Waals surface area contributed by atoms with Gasteiger partial charge in [-0.1, -0.05) is 11.6 Å². The van der Waals surface area contributed by atoms with Crippen LogP contribution in [0.4, 0.5) is 10.5 Å². The van der Waals surface area contributed by atoms with Crippen molar-refractivity contribution in [1.82, 2.24) is 0 Å². The Morgan fingerprint density at radius 3 is 2.44 bits per heavy atom. The summed E-state index contributed by atoms with van der Waals surface area (Å²) in [5, 5.41) is 3.17. The van der Waals surface area contributed by atoms with Crippen molar-refractivity contribution >= 4 is 23.4 Å². The fourth-order valence-electron chi connectivity index (χ4n) is 1.34. The number of aryl methyl sites for hydroxylation is 1. The van der Waals surface area contributed by atoms with Gasteiger partial charge in [-0.25, -0.2) is 4.79 Å². The third-order valence-corrected chi connectivity index (χ3v) is 2.52. The Hall–Kier alpha value is -1.42. The van der Waals surface area contributed by atoms with E-state index in [2.05, 4.69) is 5.32 Å². The molecule has 0 unspecified atom stereocenters. The van der Waals surface area contributed by atoms with Gasteiger partial charge in [-0.2, -0.15) is 0 Å². The molecule has 1 amide bonds. The van der Waals surface area contributed by atoms with Crippen LogP contribution < -0.4 is 10.1 Å². The highest BCUT2D eigenvalue weighted by atomic mass is 35.5. The van der Waals surface area contributed by atoms with Gasteiger partial charge in [0.1, 0.15) is 11.4 Å². The second kappa shape index (κ2) is 5.48. The lowest BCUT2D eigenvalue weighted by Gasteiger charge is -2.20. The summed E-state index contributed by atoms with van der Waals surface area (Å²) in [6, 6.07) is 3.40. The van der Waals surface area contributed by atoms with Gasteiger partial charge in [0.15, 0.2) is 0 Å². The van der Waals surface area contributed by atoms with E-state index < -0.39 is 11.7 Å². The molecule has 0 spiro atoms. The molecular weight excluding hydrogens is 254 g/mol. The summed E-state index contributed by atoms with van der Waals surface area (Å²) < 4.78 is 10.3. The molecule has 100 valence electrons. The van der Waals surface area contributed by atoms with Crippen LogP contribution in [0.1, 0.15) is 26.3 Å². The van der Waals surface area contributed by atoms with Crippen LogP contribution in [-0.4, -0.2) is 18.8 Å². The molecule has 0 aliphatic heterocycles. The smallest absolute Gasteiger partial charge is 0.412 e. The first-order valence-electron chi connectivity index (χ1n) is 5.57. The highest BCUT2D eigenvalue weighted by Crippen LogP contribution is 2.31. The van der Waals surface area contributed by atoms with E-state index in [9.17, 15) is 4.79 Å². The summed E-state index contributed by atoms with van der Waals surface area (Å²) >= 11 is 6.01. The van der Waals surface area contributed by atoms with Crippen molar-refractivity contribution in [2.45, 2.75) is 33.3 Å². The van der Waals surface area contributed by atoms with Crippen LogP contribution in [0.5, 0.6) is 5.75 Å². The first-order valence-corrected chi connectivity index (χ1v) is 5.95. The van der Waals surface area contributed by atoms with Crippen LogP contribution in [0.15, 0.2) is 12.1 Å². The summed E-state index contributed by atoms with van der Waals surface area (Å²) in [6.07, 6.45) is -0.541. The largest absolute Gasteiger partial charge is 0.495 e. The van der Waals surface area contributed by atoms with Gasteiger partial charge < -0.3 is 9.47 Å². The second-order valence-electron chi connectivity index (χ2n) is 4.93. The highest BCUT2D eigenvalue weighted by Gasteiger charge is 2.18. The molecule has 0 bridgehead atoms. The molecule has 0 aliphatic rings. The quantitative estimate of drug-likeness (QED) is 0.884. The highest BCUT2D eigenvalue weighted by molar-refractivity contribution is 6.31. The summed E-state index contributed by atoms with van der Waals surface area (Å²) in [4.78, 5) is 11.7. The average Bonchev–Trinajstić information content (AvgIpc) is 2.20. The number of methoxy groups -OCH3 is 1. The molecule has 0 saturated heterocycles. The molecule has 1 rings (SSSR count). The number of hydrogen-bond acceptors (Lipinski definition) is 3. The van der Waals surface area contributed by atoms with Gasteiger partial charge in [0.25, 0.3) is 0 Å². The third kappa shape index (κ3) is 4.11. The maximum absolute atomic E-state index is 11.7. The van der Waals surface area contributed by atoms with Crippen molar-refractivity contribution in [3.8, 4) is 5.75 Å². The lowest BCUT2D eigenvalue weighted by Crippen LogP contribution is -2.27. The Morgan fingerprint density at radius 1 is 1.33 bits per heavy atom. The Balaban J connectivity index is 2.90. The van der Waals surface area contributed by atoms with E-state index in [0.717, 1.165) is 5.56 Å². The first kappa shape index (κ1) is 14.6. The predicted molar refractivity (Wildman–Crippen MR) is 72.6 cm³/mol. The number of amides is 1. The molecular formula is C13H18ClNO3. The zero-order valence-corrected chi connectivity index (χ0v) is 12.0. The Kier molecular flexibility index (Phi) is 4.46. The number of ether oxygens (including phenoxy) is 2. The Labute approximate surface area is 112 Å². The van der Waals surface area contributed by atoms with E-state index in [4.69, 9.17) is 21.1 Å².